The molecule has 0 spiro atoms. The molecule has 2 aromatic carbocycles. The Hall–Kier alpha value is -2.01. The maximum absolute atomic E-state index is 14.2. The van der Waals surface area contributed by atoms with Gasteiger partial charge in [0.25, 0.3) is 0 Å². The number of nitrogens with two attached hydrogens (primary N) is 1. The molecule has 106 valence electrons. The van der Waals surface area contributed by atoms with Crippen LogP contribution in [0.2, 0.25) is 5.02 Å². The van der Waals surface area contributed by atoms with E-state index in [1.807, 2.05) is 30.3 Å². The van der Waals surface area contributed by atoms with Crippen molar-refractivity contribution in [2.24, 2.45) is 5.84 Å². The van der Waals surface area contributed by atoms with Crippen molar-refractivity contribution >= 4 is 22.4 Å². The molecule has 0 amide bonds. The van der Waals surface area contributed by atoms with Crippen LogP contribution in [0.5, 0.6) is 0 Å². The zero-order chi connectivity index (χ0) is 14.8. The van der Waals surface area contributed by atoms with E-state index < -0.39 is 11.9 Å². The first-order valence-electron chi connectivity index (χ1n) is 6.45. The third-order valence-corrected chi connectivity index (χ3v) is 3.65. The number of fused-ring (bicyclic) bond motifs is 1. The molecule has 5 heteroatoms. The van der Waals surface area contributed by atoms with Gasteiger partial charge in [-0.25, -0.2) is 9.82 Å². The van der Waals surface area contributed by atoms with Crippen LogP contribution in [0.3, 0.4) is 0 Å². The van der Waals surface area contributed by atoms with Gasteiger partial charge in [-0.1, -0.05) is 41.9 Å². The van der Waals surface area contributed by atoms with Crippen LogP contribution in [0.1, 0.15) is 17.3 Å². The molecule has 0 saturated heterocycles. The topological polar surface area (TPSA) is 50.9 Å². The summed E-state index contributed by atoms with van der Waals surface area (Å²) in [5, 5.41) is 2.30. The summed E-state index contributed by atoms with van der Waals surface area (Å²) in [5.74, 6) is 5.23. The van der Waals surface area contributed by atoms with E-state index in [2.05, 4.69) is 10.4 Å². The van der Waals surface area contributed by atoms with Crippen LogP contribution in [-0.4, -0.2) is 4.98 Å². The predicted molar refractivity (Wildman–Crippen MR) is 82.3 cm³/mol. The number of halogens is 2. The number of hydrogen-bond donors (Lipinski definition) is 2. The van der Waals surface area contributed by atoms with Gasteiger partial charge in [0.05, 0.1) is 11.7 Å². The lowest BCUT2D eigenvalue weighted by atomic mass is 9.98. The Balaban J connectivity index is 2.18. The molecule has 3 rings (SSSR count). The van der Waals surface area contributed by atoms with E-state index in [0.717, 1.165) is 10.8 Å². The highest BCUT2D eigenvalue weighted by Gasteiger charge is 2.20. The summed E-state index contributed by atoms with van der Waals surface area (Å²) < 4.78 is 14.2. The fourth-order valence-corrected chi connectivity index (χ4v) is 2.58. The minimum atomic E-state index is -0.548. The van der Waals surface area contributed by atoms with Crippen LogP contribution in [0.15, 0.2) is 54.7 Å². The second-order valence-electron chi connectivity index (χ2n) is 4.68. The Bertz CT molecular complexity index is 786. The van der Waals surface area contributed by atoms with Crippen LogP contribution >= 0.6 is 11.6 Å². The summed E-state index contributed by atoms with van der Waals surface area (Å²) in [6, 6.07) is 13.7. The average molecular weight is 302 g/mol. The Morgan fingerprint density at radius 1 is 1.14 bits per heavy atom. The fraction of sp³-hybridized carbons (Fsp3) is 0.0625. The average Bonchev–Trinajstić information content (AvgIpc) is 2.50. The van der Waals surface area contributed by atoms with E-state index in [4.69, 9.17) is 17.4 Å². The third kappa shape index (κ3) is 2.61. The second kappa shape index (κ2) is 5.77. The van der Waals surface area contributed by atoms with Crippen molar-refractivity contribution in [3.63, 3.8) is 0 Å². The number of nitrogens with zero attached hydrogens (tertiary/aromatic N) is 1. The largest absolute Gasteiger partial charge is 0.271 e. The highest BCUT2D eigenvalue weighted by atomic mass is 35.5. The minimum absolute atomic E-state index is 0.345. The van der Waals surface area contributed by atoms with Crippen molar-refractivity contribution in [1.29, 1.82) is 0 Å². The summed E-state index contributed by atoms with van der Waals surface area (Å²) >= 11 is 5.80. The van der Waals surface area contributed by atoms with Crippen LogP contribution in [-0.2, 0) is 0 Å². The van der Waals surface area contributed by atoms with Gasteiger partial charge in [-0.05, 0) is 23.6 Å². The lowest BCUT2D eigenvalue weighted by Gasteiger charge is -2.18. The molecule has 0 fully saturated rings. The number of aromatic nitrogens is 1. The van der Waals surface area contributed by atoms with Crippen molar-refractivity contribution in [2.75, 3.05) is 0 Å². The van der Waals surface area contributed by atoms with Crippen LogP contribution in [0.25, 0.3) is 10.8 Å². The molecular formula is C16H13ClFN3. The summed E-state index contributed by atoms with van der Waals surface area (Å²) in [6.07, 6.45) is 1.69. The van der Waals surface area contributed by atoms with Crippen molar-refractivity contribution < 1.29 is 4.39 Å². The minimum Gasteiger partial charge on any atom is -0.271 e. The number of hydrogen-bond acceptors (Lipinski definition) is 3. The number of pyridine rings is 1. The van der Waals surface area contributed by atoms with Gasteiger partial charge >= 0.3 is 0 Å². The summed E-state index contributed by atoms with van der Waals surface area (Å²) in [7, 11) is 0. The van der Waals surface area contributed by atoms with E-state index in [1.54, 1.807) is 18.3 Å². The molecule has 1 atom stereocenters. The van der Waals surface area contributed by atoms with Gasteiger partial charge in [-0.15, -0.1) is 0 Å². The molecule has 0 radical (unpaired) electrons. The van der Waals surface area contributed by atoms with E-state index in [-0.39, 0.29) is 0 Å². The van der Waals surface area contributed by atoms with E-state index in [1.165, 1.54) is 6.07 Å². The maximum Gasteiger partial charge on any atom is 0.129 e. The number of benzene rings is 2. The Morgan fingerprint density at radius 2 is 1.95 bits per heavy atom. The Kier molecular flexibility index (Phi) is 3.84. The first-order valence-corrected chi connectivity index (χ1v) is 6.83. The molecular weight excluding hydrogens is 289 g/mol. The molecule has 21 heavy (non-hydrogen) atoms. The monoisotopic (exact) mass is 301 g/mol. The molecule has 0 aliphatic rings. The van der Waals surface area contributed by atoms with Gasteiger partial charge in [0, 0.05) is 22.2 Å². The quantitative estimate of drug-likeness (QED) is 0.574. The molecule has 0 saturated carbocycles. The second-order valence-corrected chi connectivity index (χ2v) is 5.12. The van der Waals surface area contributed by atoms with Crippen molar-refractivity contribution in [3.8, 4) is 0 Å². The van der Waals surface area contributed by atoms with Gasteiger partial charge in [0.15, 0.2) is 0 Å². The molecule has 0 aliphatic carbocycles. The summed E-state index contributed by atoms with van der Waals surface area (Å²) in [4.78, 5) is 4.38. The summed E-state index contributed by atoms with van der Waals surface area (Å²) in [6.45, 7) is 0. The van der Waals surface area contributed by atoms with Gasteiger partial charge < -0.3 is 0 Å². The van der Waals surface area contributed by atoms with Gasteiger partial charge in [-0.2, -0.15) is 0 Å². The van der Waals surface area contributed by atoms with Crippen molar-refractivity contribution in [3.05, 3.63) is 76.8 Å². The van der Waals surface area contributed by atoms with Gasteiger partial charge in [0.1, 0.15) is 5.82 Å². The lowest BCUT2D eigenvalue weighted by Crippen LogP contribution is -2.30. The number of rotatable bonds is 3. The standard InChI is InChI=1S/C16H13ClFN3/c17-11-5-6-13(14(18)9-11)16(21-19)15-12-4-2-1-3-10(12)7-8-20-15/h1-9,16,21H,19H2. The molecule has 1 unspecified atom stereocenters. The number of hydrazine groups is 1. The molecule has 1 aromatic heterocycles. The smallest absolute Gasteiger partial charge is 0.129 e. The van der Waals surface area contributed by atoms with E-state index in [9.17, 15) is 4.39 Å². The third-order valence-electron chi connectivity index (χ3n) is 3.42. The van der Waals surface area contributed by atoms with Crippen LogP contribution < -0.4 is 11.3 Å². The lowest BCUT2D eigenvalue weighted by molar-refractivity contribution is 0.555. The predicted octanol–water partition coefficient (Wildman–Crippen LogP) is 3.58. The molecule has 3 aromatic rings. The maximum atomic E-state index is 14.2. The normalized spacial score (nSPS) is 12.5. The van der Waals surface area contributed by atoms with Crippen LogP contribution in [0, 0.1) is 5.82 Å². The Morgan fingerprint density at radius 3 is 2.71 bits per heavy atom. The first kappa shape index (κ1) is 13.9. The molecule has 0 aliphatic heterocycles. The van der Waals surface area contributed by atoms with Gasteiger partial charge in [-0.3, -0.25) is 10.8 Å². The molecule has 1 heterocycles. The molecule has 3 nitrogen and oxygen atoms in total. The summed E-state index contributed by atoms with van der Waals surface area (Å²) in [5.41, 5.74) is 3.73. The first-order chi connectivity index (χ1) is 10.2. The zero-order valence-electron chi connectivity index (χ0n) is 11.1. The fourth-order valence-electron chi connectivity index (χ4n) is 2.42. The highest BCUT2D eigenvalue weighted by molar-refractivity contribution is 6.30. The van der Waals surface area contributed by atoms with E-state index in [0.29, 0.717) is 16.3 Å². The Labute approximate surface area is 126 Å². The van der Waals surface area contributed by atoms with E-state index >= 15 is 0 Å². The molecule has 0 bridgehead atoms. The van der Waals surface area contributed by atoms with Gasteiger partial charge in [0.2, 0.25) is 0 Å². The number of nitrogens with one attached hydrogen (secondary N) is 1. The van der Waals surface area contributed by atoms with Crippen LogP contribution in [0.4, 0.5) is 4.39 Å². The zero-order valence-corrected chi connectivity index (χ0v) is 11.8. The SMILES string of the molecule is NNC(c1ccc(Cl)cc1F)c1nccc2ccccc12. The highest BCUT2D eigenvalue weighted by Crippen LogP contribution is 2.29. The van der Waals surface area contributed by atoms with Crippen molar-refractivity contribution in [1.82, 2.24) is 10.4 Å². The van der Waals surface area contributed by atoms with Crippen molar-refractivity contribution in [2.45, 2.75) is 6.04 Å². The molecule has 3 N–H and O–H groups in total.